The Bertz CT molecular complexity index is 671. The van der Waals surface area contributed by atoms with E-state index in [2.05, 4.69) is 12.2 Å². The molecule has 0 saturated heterocycles. The highest BCUT2D eigenvalue weighted by atomic mass is 16.6. The Balaban J connectivity index is 1.96. The number of carbonyl (C=O) groups is 1. The molecule has 0 fully saturated rings. The Labute approximate surface area is 121 Å². The van der Waals surface area contributed by atoms with E-state index in [1.807, 2.05) is 24.3 Å². The predicted octanol–water partition coefficient (Wildman–Crippen LogP) is 3.40. The largest absolute Gasteiger partial charge is 0.433 e. The summed E-state index contributed by atoms with van der Waals surface area (Å²) in [6.07, 6.45) is 3.57. The molecule has 0 spiro atoms. The molecule has 0 saturated carbocycles. The highest BCUT2D eigenvalue weighted by Gasteiger charge is 2.10. The monoisotopic (exact) mass is 286 g/mol. The van der Waals surface area contributed by atoms with Crippen molar-refractivity contribution in [1.82, 2.24) is 0 Å². The summed E-state index contributed by atoms with van der Waals surface area (Å²) in [4.78, 5) is 21.5. The third-order valence-corrected chi connectivity index (χ3v) is 2.82. The molecule has 1 aromatic heterocycles. The lowest BCUT2D eigenvalue weighted by molar-refractivity contribution is -0.402. The number of nitrogens with one attached hydrogen (secondary N) is 1. The molecule has 1 N–H and O–H groups in total. The first kappa shape index (κ1) is 14.5. The number of carbonyl (C=O) groups excluding carboxylic acids is 1. The third-order valence-electron chi connectivity index (χ3n) is 2.82. The number of hydrogen-bond acceptors (Lipinski definition) is 4. The van der Waals surface area contributed by atoms with Gasteiger partial charge in [-0.2, -0.15) is 0 Å². The van der Waals surface area contributed by atoms with Gasteiger partial charge in [0.2, 0.25) is 5.91 Å². The van der Waals surface area contributed by atoms with Gasteiger partial charge in [0.05, 0.1) is 6.07 Å². The summed E-state index contributed by atoms with van der Waals surface area (Å²) in [5.41, 5.74) is 1.87. The zero-order valence-corrected chi connectivity index (χ0v) is 11.4. The molecule has 0 radical (unpaired) electrons. The summed E-state index contributed by atoms with van der Waals surface area (Å²) < 4.78 is 4.91. The maximum absolute atomic E-state index is 11.7. The molecule has 0 bridgehead atoms. The number of furan rings is 1. The van der Waals surface area contributed by atoms with Crippen molar-refractivity contribution in [1.29, 1.82) is 0 Å². The Hall–Kier alpha value is -2.89. The van der Waals surface area contributed by atoms with E-state index < -0.39 is 4.92 Å². The van der Waals surface area contributed by atoms with Gasteiger partial charge in [-0.05, 0) is 36.3 Å². The van der Waals surface area contributed by atoms with Crippen molar-refractivity contribution >= 4 is 23.6 Å². The molecule has 1 heterocycles. The summed E-state index contributed by atoms with van der Waals surface area (Å²) in [6, 6.07) is 10.2. The standard InChI is InChI=1S/C15H14N2O4/c1-2-11-3-5-12(6-4-11)16-14(18)9-7-13-8-10-15(21-13)17(19)20/h3-10H,2H2,1H3,(H,16,18)/b9-7+. The van der Waals surface area contributed by atoms with Crippen molar-refractivity contribution in [3.63, 3.8) is 0 Å². The number of amides is 1. The van der Waals surface area contributed by atoms with Crippen LogP contribution in [0.25, 0.3) is 6.08 Å². The highest BCUT2D eigenvalue weighted by molar-refractivity contribution is 6.01. The summed E-state index contributed by atoms with van der Waals surface area (Å²) in [7, 11) is 0. The topological polar surface area (TPSA) is 85.4 Å². The summed E-state index contributed by atoms with van der Waals surface area (Å²) >= 11 is 0. The second-order valence-corrected chi connectivity index (χ2v) is 4.31. The number of aryl methyl sites for hydroxylation is 1. The second-order valence-electron chi connectivity index (χ2n) is 4.31. The van der Waals surface area contributed by atoms with Crippen molar-refractivity contribution in [2.24, 2.45) is 0 Å². The molecule has 2 aromatic rings. The van der Waals surface area contributed by atoms with Gasteiger partial charge in [-0.25, -0.2) is 0 Å². The van der Waals surface area contributed by atoms with Crippen LogP contribution < -0.4 is 5.32 Å². The van der Waals surface area contributed by atoms with E-state index in [0.29, 0.717) is 5.69 Å². The molecule has 6 heteroatoms. The molecule has 2 rings (SSSR count). The van der Waals surface area contributed by atoms with Crippen LogP contribution in [0.15, 0.2) is 46.9 Å². The maximum Gasteiger partial charge on any atom is 0.433 e. The number of nitro groups is 1. The van der Waals surface area contributed by atoms with Crippen molar-refractivity contribution in [3.05, 3.63) is 63.9 Å². The van der Waals surface area contributed by atoms with E-state index in [4.69, 9.17) is 4.42 Å². The van der Waals surface area contributed by atoms with Gasteiger partial charge in [-0.3, -0.25) is 14.9 Å². The Morgan fingerprint density at radius 1 is 1.29 bits per heavy atom. The minimum absolute atomic E-state index is 0.248. The van der Waals surface area contributed by atoms with Gasteiger partial charge in [0.15, 0.2) is 0 Å². The highest BCUT2D eigenvalue weighted by Crippen LogP contribution is 2.16. The smallest absolute Gasteiger partial charge is 0.401 e. The van der Waals surface area contributed by atoms with Crippen molar-refractivity contribution in [3.8, 4) is 0 Å². The molecule has 1 amide bonds. The van der Waals surface area contributed by atoms with Gasteiger partial charge >= 0.3 is 5.88 Å². The first-order chi connectivity index (χ1) is 10.1. The van der Waals surface area contributed by atoms with Crippen LogP contribution in [0.4, 0.5) is 11.6 Å². The van der Waals surface area contributed by atoms with Gasteiger partial charge < -0.3 is 9.73 Å². The first-order valence-corrected chi connectivity index (χ1v) is 6.40. The summed E-state index contributed by atoms with van der Waals surface area (Å²) in [5, 5.41) is 13.1. The van der Waals surface area contributed by atoms with E-state index in [-0.39, 0.29) is 17.6 Å². The Morgan fingerprint density at radius 3 is 2.57 bits per heavy atom. The molecule has 6 nitrogen and oxygen atoms in total. The maximum atomic E-state index is 11.7. The number of anilines is 1. The number of nitrogens with zero attached hydrogens (tertiary/aromatic N) is 1. The van der Waals surface area contributed by atoms with Crippen molar-refractivity contribution < 1.29 is 14.1 Å². The van der Waals surface area contributed by atoms with E-state index in [1.165, 1.54) is 29.8 Å². The van der Waals surface area contributed by atoms with Crippen LogP contribution in [0.3, 0.4) is 0 Å². The summed E-state index contributed by atoms with van der Waals surface area (Å²) in [6.45, 7) is 2.05. The molecule has 108 valence electrons. The summed E-state index contributed by atoms with van der Waals surface area (Å²) in [5.74, 6) is -0.443. The van der Waals surface area contributed by atoms with E-state index in [0.717, 1.165) is 6.42 Å². The van der Waals surface area contributed by atoms with Crippen LogP contribution >= 0.6 is 0 Å². The van der Waals surface area contributed by atoms with Crippen molar-refractivity contribution in [2.75, 3.05) is 5.32 Å². The molecule has 0 unspecified atom stereocenters. The van der Waals surface area contributed by atoms with E-state index in [1.54, 1.807) is 0 Å². The van der Waals surface area contributed by atoms with Gasteiger partial charge in [-0.15, -0.1) is 0 Å². The quantitative estimate of drug-likeness (QED) is 0.518. The van der Waals surface area contributed by atoms with Crippen LogP contribution in [-0.2, 0) is 11.2 Å². The van der Waals surface area contributed by atoms with Crippen molar-refractivity contribution in [2.45, 2.75) is 13.3 Å². The first-order valence-electron chi connectivity index (χ1n) is 6.40. The zero-order chi connectivity index (χ0) is 15.2. The molecule has 0 aliphatic rings. The normalized spacial score (nSPS) is 10.7. The van der Waals surface area contributed by atoms with Crippen LogP contribution in [0, 0.1) is 10.1 Å². The van der Waals surface area contributed by atoms with Gasteiger partial charge in [-0.1, -0.05) is 19.1 Å². The second kappa shape index (κ2) is 6.51. The molecule has 0 atom stereocenters. The van der Waals surface area contributed by atoms with Gasteiger partial charge in [0, 0.05) is 11.8 Å². The Kier molecular flexibility index (Phi) is 4.50. The lowest BCUT2D eigenvalue weighted by Crippen LogP contribution is -2.07. The fourth-order valence-corrected chi connectivity index (χ4v) is 1.70. The fourth-order valence-electron chi connectivity index (χ4n) is 1.70. The van der Waals surface area contributed by atoms with Crippen LogP contribution in [0.1, 0.15) is 18.2 Å². The number of benzene rings is 1. The van der Waals surface area contributed by atoms with E-state index >= 15 is 0 Å². The lowest BCUT2D eigenvalue weighted by atomic mass is 10.1. The number of rotatable bonds is 5. The molecule has 1 aromatic carbocycles. The minimum atomic E-state index is -0.632. The molecule has 0 aliphatic heterocycles. The van der Waals surface area contributed by atoms with Crippen LogP contribution in [0.5, 0.6) is 0 Å². The van der Waals surface area contributed by atoms with Gasteiger partial charge in [0.25, 0.3) is 0 Å². The minimum Gasteiger partial charge on any atom is -0.401 e. The molecular formula is C15H14N2O4. The van der Waals surface area contributed by atoms with Gasteiger partial charge in [0.1, 0.15) is 10.7 Å². The van der Waals surface area contributed by atoms with E-state index in [9.17, 15) is 14.9 Å². The average Bonchev–Trinajstić information content (AvgIpc) is 2.95. The molecular weight excluding hydrogens is 272 g/mol. The fraction of sp³-hybridized carbons (Fsp3) is 0.133. The van der Waals surface area contributed by atoms with Crippen LogP contribution in [0.2, 0.25) is 0 Å². The number of hydrogen-bond donors (Lipinski definition) is 1. The average molecular weight is 286 g/mol. The molecule has 0 aliphatic carbocycles. The SMILES string of the molecule is CCc1ccc(NC(=O)/C=C/c2ccc([N+](=O)[O-])o2)cc1. The third kappa shape index (κ3) is 4.04. The predicted molar refractivity (Wildman–Crippen MR) is 78.8 cm³/mol. The lowest BCUT2D eigenvalue weighted by Gasteiger charge is -2.02. The molecule has 21 heavy (non-hydrogen) atoms. The Morgan fingerprint density at radius 2 is 2.00 bits per heavy atom. The van der Waals surface area contributed by atoms with Crippen LogP contribution in [-0.4, -0.2) is 10.8 Å². The zero-order valence-electron chi connectivity index (χ0n) is 11.4.